The number of rotatable bonds is 7. The highest BCUT2D eigenvalue weighted by Gasteiger charge is 2.43. The van der Waals surface area contributed by atoms with Crippen molar-refractivity contribution < 1.29 is 18.5 Å². The van der Waals surface area contributed by atoms with Crippen molar-refractivity contribution in [1.29, 1.82) is 10.0 Å². The fraction of sp³-hybridized carbons (Fsp3) is 0.481. The van der Waals surface area contributed by atoms with Crippen LogP contribution in [0, 0.1) is 16.1 Å². The highest BCUT2D eigenvalue weighted by Crippen LogP contribution is 2.37. The number of nitriles is 1. The number of nitrogens with one attached hydrogen (secondary N) is 3. The van der Waals surface area contributed by atoms with Crippen LogP contribution in [0.5, 0.6) is 0 Å². The number of esters is 1. The SMILES string of the molecule is CC(C)[S@@](=N)(=O)c1ccc(Nc2nn([C@]3(CC#N)CC[C@@H](C(=O)OC(C)(C)C)OC3)c3cc[nH]c(=O)c23)cc1. The Morgan fingerprint density at radius 2 is 2.05 bits per heavy atom. The molecule has 1 aromatic carbocycles. The van der Waals surface area contributed by atoms with Gasteiger partial charge in [0.25, 0.3) is 5.56 Å². The highest BCUT2D eigenvalue weighted by molar-refractivity contribution is 7.93. The molecule has 1 fully saturated rings. The number of H-pyrrole nitrogens is 1. The van der Waals surface area contributed by atoms with Crippen LogP contribution in [-0.2, 0) is 29.5 Å². The number of carbonyl (C=O) groups is 1. The predicted molar refractivity (Wildman–Crippen MR) is 147 cm³/mol. The topological polar surface area (TPSA) is 163 Å². The Hall–Kier alpha value is -3.69. The maximum atomic E-state index is 12.9. The maximum Gasteiger partial charge on any atom is 0.335 e. The minimum Gasteiger partial charge on any atom is -0.458 e. The number of aromatic amines is 1. The number of nitrogens with zero attached hydrogens (tertiary/aromatic N) is 3. The van der Waals surface area contributed by atoms with Crippen LogP contribution >= 0.6 is 0 Å². The fourth-order valence-corrected chi connectivity index (χ4v) is 5.65. The second-order valence-corrected chi connectivity index (χ2v) is 13.7. The molecule has 0 amide bonds. The third-order valence-electron chi connectivity index (χ3n) is 6.69. The van der Waals surface area contributed by atoms with Gasteiger partial charge in [0, 0.05) is 22.0 Å². The fourth-order valence-electron chi connectivity index (χ4n) is 4.57. The van der Waals surface area contributed by atoms with Crippen molar-refractivity contribution in [2.75, 3.05) is 11.9 Å². The first-order valence-electron chi connectivity index (χ1n) is 12.7. The van der Waals surface area contributed by atoms with E-state index in [0.29, 0.717) is 34.3 Å². The lowest BCUT2D eigenvalue weighted by Gasteiger charge is -2.39. The predicted octanol–water partition coefficient (Wildman–Crippen LogP) is 4.41. The van der Waals surface area contributed by atoms with Crippen LogP contribution in [0.15, 0.2) is 46.2 Å². The maximum absolute atomic E-state index is 12.9. The van der Waals surface area contributed by atoms with Crippen molar-refractivity contribution in [1.82, 2.24) is 14.8 Å². The van der Waals surface area contributed by atoms with Gasteiger partial charge in [0.15, 0.2) is 11.9 Å². The summed E-state index contributed by atoms with van der Waals surface area (Å²) in [5, 5.41) is 17.6. The van der Waals surface area contributed by atoms with Crippen LogP contribution in [0.2, 0.25) is 0 Å². The van der Waals surface area contributed by atoms with E-state index in [0.717, 1.165) is 0 Å². The molecule has 0 radical (unpaired) electrons. The van der Waals surface area contributed by atoms with Crippen LogP contribution in [0.4, 0.5) is 11.5 Å². The molecule has 12 heteroatoms. The van der Waals surface area contributed by atoms with Crippen LogP contribution in [0.25, 0.3) is 10.9 Å². The van der Waals surface area contributed by atoms with E-state index in [2.05, 4.69) is 16.4 Å². The van der Waals surface area contributed by atoms with E-state index in [9.17, 15) is 19.1 Å². The van der Waals surface area contributed by atoms with Gasteiger partial charge in [-0.05, 0) is 77.8 Å². The molecule has 4 rings (SSSR count). The third kappa shape index (κ3) is 5.69. The Labute approximate surface area is 227 Å². The molecule has 39 heavy (non-hydrogen) atoms. The van der Waals surface area contributed by atoms with Crippen molar-refractivity contribution in [3.63, 3.8) is 0 Å². The molecule has 1 aliphatic heterocycles. The van der Waals surface area contributed by atoms with E-state index in [1.54, 1.807) is 69.6 Å². The van der Waals surface area contributed by atoms with Crippen LogP contribution in [-0.4, -0.2) is 48.5 Å². The van der Waals surface area contributed by atoms with Crippen molar-refractivity contribution in [2.24, 2.45) is 0 Å². The molecular weight excluding hydrogens is 520 g/mol. The molecular formula is C27H34N6O5S. The Bertz CT molecular complexity index is 1570. The lowest BCUT2D eigenvalue weighted by Crippen LogP contribution is -2.47. The molecule has 0 unspecified atom stereocenters. The monoisotopic (exact) mass is 554 g/mol. The Kier molecular flexibility index (Phi) is 7.60. The molecule has 3 atom stereocenters. The van der Waals surface area contributed by atoms with Gasteiger partial charge in [0.1, 0.15) is 11.0 Å². The van der Waals surface area contributed by atoms with Gasteiger partial charge in [0.05, 0.1) is 39.9 Å². The van der Waals surface area contributed by atoms with E-state index in [1.807, 2.05) is 0 Å². The first-order valence-corrected chi connectivity index (χ1v) is 14.4. The largest absolute Gasteiger partial charge is 0.458 e. The van der Waals surface area contributed by atoms with Crippen LogP contribution in [0.3, 0.4) is 0 Å². The van der Waals surface area contributed by atoms with E-state index in [-0.39, 0.29) is 29.7 Å². The average molecular weight is 555 g/mol. The number of ether oxygens (including phenoxy) is 2. The number of carbonyl (C=O) groups excluding carboxylic acids is 1. The quantitative estimate of drug-likeness (QED) is 0.362. The van der Waals surface area contributed by atoms with Gasteiger partial charge in [-0.1, -0.05) is 0 Å². The van der Waals surface area contributed by atoms with Crippen molar-refractivity contribution in [3.05, 3.63) is 46.9 Å². The summed E-state index contributed by atoms with van der Waals surface area (Å²) in [6.07, 6.45) is 1.56. The number of anilines is 2. The summed E-state index contributed by atoms with van der Waals surface area (Å²) in [6, 6.07) is 10.6. The second-order valence-electron chi connectivity index (χ2n) is 11.1. The zero-order chi connectivity index (χ0) is 28.6. The van der Waals surface area contributed by atoms with Gasteiger partial charge in [0.2, 0.25) is 0 Å². The summed E-state index contributed by atoms with van der Waals surface area (Å²) in [6.45, 7) is 8.90. The van der Waals surface area contributed by atoms with Crippen molar-refractivity contribution in [3.8, 4) is 6.07 Å². The van der Waals surface area contributed by atoms with E-state index < -0.39 is 32.9 Å². The Balaban J connectivity index is 1.69. The molecule has 3 aromatic rings. The molecule has 3 N–H and O–H groups in total. The van der Waals surface area contributed by atoms with Crippen LogP contribution in [0.1, 0.15) is 53.9 Å². The first kappa shape index (κ1) is 28.3. The highest BCUT2D eigenvalue weighted by atomic mass is 32.2. The number of hydrogen-bond acceptors (Lipinski definition) is 9. The van der Waals surface area contributed by atoms with Gasteiger partial charge < -0.3 is 19.8 Å². The molecule has 0 spiro atoms. The minimum atomic E-state index is -2.93. The summed E-state index contributed by atoms with van der Waals surface area (Å²) in [7, 11) is -2.93. The van der Waals surface area contributed by atoms with E-state index in [4.69, 9.17) is 19.4 Å². The van der Waals surface area contributed by atoms with Crippen molar-refractivity contribution >= 4 is 38.1 Å². The number of hydrogen-bond donors (Lipinski definition) is 3. The number of fused-ring (bicyclic) bond motifs is 1. The van der Waals surface area contributed by atoms with Gasteiger partial charge in [-0.3, -0.25) is 9.48 Å². The second kappa shape index (κ2) is 10.5. The lowest BCUT2D eigenvalue weighted by molar-refractivity contribution is -0.176. The zero-order valence-corrected chi connectivity index (χ0v) is 23.6. The standard InChI is InChI=1S/C27H34N6O5S/c1-17(2)39(29,36)19-8-6-18(7-9-19)31-23-22-20(11-15-30-24(22)34)33(32-23)27(13-14-28)12-10-21(37-16-27)25(35)38-26(3,4)5/h6-9,11,15,17,21,29H,10,12-13,16H2,1-5H3,(H,30,34)(H,31,32)/t21-,27-,39+/m0/s1. The van der Waals surface area contributed by atoms with E-state index >= 15 is 0 Å². The van der Waals surface area contributed by atoms with Gasteiger partial charge in [-0.2, -0.15) is 10.4 Å². The summed E-state index contributed by atoms with van der Waals surface area (Å²) >= 11 is 0. The average Bonchev–Trinajstić information content (AvgIpc) is 3.24. The molecule has 1 saturated heterocycles. The van der Waals surface area contributed by atoms with Gasteiger partial charge in [-0.25, -0.2) is 13.8 Å². The first-order chi connectivity index (χ1) is 18.3. The van der Waals surface area contributed by atoms with Crippen LogP contribution < -0.4 is 10.9 Å². The molecule has 208 valence electrons. The summed E-state index contributed by atoms with van der Waals surface area (Å²) in [5.74, 6) is -0.170. The normalized spacial score (nSPS) is 21.3. The smallest absolute Gasteiger partial charge is 0.335 e. The molecule has 0 aliphatic carbocycles. The number of aromatic nitrogens is 3. The van der Waals surface area contributed by atoms with Gasteiger partial charge >= 0.3 is 5.97 Å². The summed E-state index contributed by atoms with van der Waals surface area (Å²) in [4.78, 5) is 28.6. The lowest BCUT2D eigenvalue weighted by atomic mass is 9.87. The van der Waals surface area contributed by atoms with Crippen molar-refractivity contribution in [2.45, 2.75) is 81.3 Å². The summed E-state index contributed by atoms with van der Waals surface area (Å²) < 4.78 is 34.0. The molecule has 2 aromatic heterocycles. The molecule has 0 saturated carbocycles. The minimum absolute atomic E-state index is 0.0370. The number of benzene rings is 1. The number of pyridine rings is 1. The molecule has 11 nitrogen and oxygen atoms in total. The summed E-state index contributed by atoms with van der Waals surface area (Å²) in [5.41, 5.74) is -0.807. The molecule has 1 aliphatic rings. The molecule has 3 heterocycles. The third-order valence-corrected chi connectivity index (χ3v) is 8.99. The Morgan fingerprint density at radius 3 is 2.62 bits per heavy atom. The zero-order valence-electron chi connectivity index (χ0n) is 22.7. The molecule has 0 bridgehead atoms. The van der Waals surface area contributed by atoms with Gasteiger partial charge in [-0.15, -0.1) is 0 Å². The van der Waals surface area contributed by atoms with E-state index in [1.165, 1.54) is 6.20 Å². The Morgan fingerprint density at radius 1 is 1.36 bits per heavy atom.